The third-order valence-electron chi connectivity index (χ3n) is 7.10. The zero-order valence-electron chi connectivity index (χ0n) is 24.5. The van der Waals surface area contributed by atoms with Crippen molar-refractivity contribution in [1.29, 1.82) is 0 Å². The number of hydrogen-bond donors (Lipinski definition) is 1. The highest BCUT2D eigenvalue weighted by Crippen LogP contribution is 2.21. The summed E-state index contributed by atoms with van der Waals surface area (Å²) in [6, 6.07) is 7.74. The van der Waals surface area contributed by atoms with Crippen LogP contribution in [0.3, 0.4) is 0 Å². The Morgan fingerprint density at radius 1 is 1.00 bits per heavy atom. The Kier molecular flexibility index (Phi) is 12.3. The average molecular weight is 541 g/mol. The van der Waals surface area contributed by atoms with Gasteiger partial charge in [-0.05, 0) is 52.0 Å². The summed E-state index contributed by atoms with van der Waals surface area (Å²) in [6.45, 7) is 8.36. The standard InChI is InChI=1S/C31H48N4O4/c1-5-6-7-8-9-10-11-13-16-24-18-20-25(21-19-24)28-33-27(39-34-28)23-32-29(36)26-17-14-12-15-22-35(26)30(37)38-31(2,3)4/h18-21,26H,5-17,22-23H2,1-4H3,(H,32,36). The van der Waals surface area contributed by atoms with Crippen LogP contribution in [0, 0.1) is 0 Å². The molecule has 1 aromatic carbocycles. The number of benzene rings is 1. The summed E-state index contributed by atoms with van der Waals surface area (Å²) < 4.78 is 10.9. The molecule has 8 nitrogen and oxygen atoms in total. The molecule has 216 valence electrons. The topological polar surface area (TPSA) is 97.6 Å². The third-order valence-corrected chi connectivity index (χ3v) is 7.10. The number of rotatable bonds is 13. The van der Waals surface area contributed by atoms with Gasteiger partial charge in [0.2, 0.25) is 17.6 Å². The molecule has 1 fully saturated rings. The second-order valence-electron chi connectivity index (χ2n) is 11.7. The van der Waals surface area contributed by atoms with Crippen molar-refractivity contribution >= 4 is 12.0 Å². The Morgan fingerprint density at radius 3 is 2.38 bits per heavy atom. The number of hydrogen-bond acceptors (Lipinski definition) is 6. The number of likely N-dealkylation sites (tertiary alicyclic amines) is 1. The van der Waals surface area contributed by atoms with E-state index in [1.165, 1.54) is 56.9 Å². The van der Waals surface area contributed by atoms with E-state index in [2.05, 4.69) is 34.5 Å². The first kappa shape index (κ1) is 30.6. The van der Waals surface area contributed by atoms with Gasteiger partial charge in [-0.15, -0.1) is 0 Å². The van der Waals surface area contributed by atoms with Crippen LogP contribution in [-0.4, -0.2) is 45.2 Å². The molecule has 1 aliphatic rings. The smallest absolute Gasteiger partial charge is 0.410 e. The number of unbranched alkanes of at least 4 members (excludes halogenated alkanes) is 7. The van der Waals surface area contributed by atoms with Gasteiger partial charge in [0.15, 0.2) is 0 Å². The maximum atomic E-state index is 13.1. The Hall–Kier alpha value is -2.90. The van der Waals surface area contributed by atoms with Crippen LogP contribution in [-0.2, 0) is 22.5 Å². The fourth-order valence-electron chi connectivity index (χ4n) is 4.93. The van der Waals surface area contributed by atoms with Crippen molar-refractivity contribution in [3.63, 3.8) is 0 Å². The Bertz CT molecular complexity index is 1010. The maximum absolute atomic E-state index is 13.1. The van der Waals surface area contributed by atoms with E-state index in [1.807, 2.05) is 32.9 Å². The lowest BCUT2D eigenvalue weighted by Gasteiger charge is -2.31. The van der Waals surface area contributed by atoms with Gasteiger partial charge >= 0.3 is 6.09 Å². The highest BCUT2D eigenvalue weighted by molar-refractivity contribution is 5.85. The number of aryl methyl sites for hydroxylation is 1. The molecule has 0 aliphatic carbocycles. The number of amides is 2. The van der Waals surface area contributed by atoms with Crippen molar-refractivity contribution in [1.82, 2.24) is 20.4 Å². The quantitative estimate of drug-likeness (QED) is 0.270. The second kappa shape index (κ2) is 15.6. The van der Waals surface area contributed by atoms with Crippen LogP contribution in [0.1, 0.15) is 116 Å². The minimum absolute atomic E-state index is 0.112. The van der Waals surface area contributed by atoms with Gasteiger partial charge in [-0.1, -0.05) is 94.1 Å². The lowest BCUT2D eigenvalue weighted by Crippen LogP contribution is -2.50. The van der Waals surface area contributed by atoms with Crippen molar-refractivity contribution in [2.24, 2.45) is 0 Å². The van der Waals surface area contributed by atoms with Crippen molar-refractivity contribution in [2.75, 3.05) is 6.54 Å². The van der Waals surface area contributed by atoms with Crippen molar-refractivity contribution in [2.45, 2.75) is 129 Å². The van der Waals surface area contributed by atoms with Gasteiger partial charge in [-0.2, -0.15) is 4.98 Å². The molecule has 1 aromatic heterocycles. The van der Waals surface area contributed by atoms with E-state index in [-0.39, 0.29) is 12.5 Å². The number of carbonyl (C=O) groups is 2. The molecule has 39 heavy (non-hydrogen) atoms. The maximum Gasteiger partial charge on any atom is 0.410 e. The highest BCUT2D eigenvalue weighted by Gasteiger charge is 2.33. The summed E-state index contributed by atoms with van der Waals surface area (Å²) >= 11 is 0. The van der Waals surface area contributed by atoms with Gasteiger partial charge < -0.3 is 14.6 Å². The van der Waals surface area contributed by atoms with Crippen LogP contribution in [0.5, 0.6) is 0 Å². The Morgan fingerprint density at radius 2 is 1.69 bits per heavy atom. The van der Waals surface area contributed by atoms with E-state index in [4.69, 9.17) is 9.26 Å². The lowest BCUT2D eigenvalue weighted by molar-refractivity contribution is -0.126. The SMILES string of the molecule is CCCCCCCCCCc1ccc(-c2noc(CNC(=O)C3CCCCCN3C(=O)OC(C)(C)C)n2)cc1. The number of ether oxygens (including phenoxy) is 1. The van der Waals surface area contributed by atoms with E-state index >= 15 is 0 Å². The summed E-state index contributed by atoms with van der Waals surface area (Å²) in [5.41, 5.74) is 1.59. The van der Waals surface area contributed by atoms with Gasteiger partial charge in [0.05, 0.1) is 6.54 Å². The first-order chi connectivity index (χ1) is 18.8. The Labute approximate surface area is 234 Å². The van der Waals surface area contributed by atoms with Crippen molar-refractivity contribution < 1.29 is 18.8 Å². The molecule has 1 aliphatic heterocycles. The molecule has 8 heteroatoms. The number of nitrogens with zero attached hydrogens (tertiary/aromatic N) is 3. The minimum Gasteiger partial charge on any atom is -0.444 e. The molecular weight excluding hydrogens is 492 g/mol. The average Bonchev–Trinajstić information content (AvgIpc) is 3.23. The normalized spacial score (nSPS) is 16.1. The van der Waals surface area contributed by atoms with Gasteiger partial charge in [-0.25, -0.2) is 4.79 Å². The molecule has 1 atom stereocenters. The molecule has 0 saturated carbocycles. The van der Waals surface area contributed by atoms with Gasteiger partial charge in [0.1, 0.15) is 11.6 Å². The fraction of sp³-hybridized carbons (Fsp3) is 0.677. The lowest BCUT2D eigenvalue weighted by atomic mass is 10.0. The molecule has 2 amide bonds. The monoisotopic (exact) mass is 540 g/mol. The molecule has 1 unspecified atom stereocenters. The van der Waals surface area contributed by atoms with Crippen LogP contribution >= 0.6 is 0 Å². The van der Waals surface area contributed by atoms with Crippen LogP contribution in [0.15, 0.2) is 28.8 Å². The van der Waals surface area contributed by atoms with Crippen LogP contribution < -0.4 is 5.32 Å². The van der Waals surface area contributed by atoms with Crippen molar-refractivity contribution in [3.05, 3.63) is 35.7 Å². The molecule has 2 heterocycles. The molecule has 0 spiro atoms. The predicted molar refractivity (Wildman–Crippen MR) is 153 cm³/mol. The van der Waals surface area contributed by atoms with E-state index in [0.717, 1.165) is 31.2 Å². The van der Waals surface area contributed by atoms with Crippen LogP contribution in [0.2, 0.25) is 0 Å². The summed E-state index contributed by atoms with van der Waals surface area (Å²) in [5, 5.41) is 6.98. The molecule has 3 rings (SSSR count). The molecule has 1 saturated heterocycles. The zero-order chi connectivity index (χ0) is 28.1. The van der Waals surface area contributed by atoms with Crippen molar-refractivity contribution in [3.8, 4) is 11.4 Å². The van der Waals surface area contributed by atoms with Gasteiger partial charge in [0, 0.05) is 12.1 Å². The summed E-state index contributed by atoms with van der Waals surface area (Å²) in [7, 11) is 0. The fourth-order valence-corrected chi connectivity index (χ4v) is 4.93. The minimum atomic E-state index is -0.615. The molecule has 2 aromatic rings. The summed E-state index contributed by atoms with van der Waals surface area (Å²) in [4.78, 5) is 31.8. The largest absolute Gasteiger partial charge is 0.444 e. The van der Waals surface area contributed by atoms with Gasteiger partial charge in [-0.3, -0.25) is 9.69 Å². The molecule has 0 bridgehead atoms. The predicted octanol–water partition coefficient (Wildman–Crippen LogP) is 7.22. The molecule has 1 N–H and O–H groups in total. The highest BCUT2D eigenvalue weighted by atomic mass is 16.6. The van der Waals surface area contributed by atoms with Crippen LogP contribution in [0.25, 0.3) is 11.4 Å². The zero-order valence-corrected chi connectivity index (χ0v) is 24.5. The summed E-state index contributed by atoms with van der Waals surface area (Å²) in [6.07, 6.45) is 14.5. The number of carbonyl (C=O) groups excluding carboxylic acids is 2. The van der Waals surface area contributed by atoms with E-state index in [1.54, 1.807) is 4.90 Å². The third kappa shape index (κ3) is 10.6. The number of nitrogens with one attached hydrogen (secondary N) is 1. The first-order valence-corrected chi connectivity index (χ1v) is 15.0. The molecule has 0 radical (unpaired) electrons. The molecular formula is C31H48N4O4. The number of aromatic nitrogens is 2. The van der Waals surface area contributed by atoms with Gasteiger partial charge in [0.25, 0.3) is 0 Å². The second-order valence-corrected chi connectivity index (χ2v) is 11.7. The first-order valence-electron chi connectivity index (χ1n) is 15.0. The van der Waals surface area contributed by atoms with E-state index < -0.39 is 17.7 Å². The summed E-state index contributed by atoms with van der Waals surface area (Å²) in [5.74, 6) is 0.606. The van der Waals surface area contributed by atoms with E-state index in [9.17, 15) is 9.59 Å². The van der Waals surface area contributed by atoms with Crippen LogP contribution in [0.4, 0.5) is 4.79 Å². The Balaban J connectivity index is 1.46. The van der Waals surface area contributed by atoms with E-state index in [0.29, 0.717) is 24.7 Å².